The molecule has 7 nitrogen and oxygen atoms in total. The molecule has 0 atom stereocenters. The minimum atomic E-state index is -4.70. The summed E-state index contributed by atoms with van der Waals surface area (Å²) in [6.45, 7) is -0.0342. The third-order valence-electron chi connectivity index (χ3n) is 3.25. The molecular weight excluding hydrogens is 365 g/mol. The number of hydrogen-bond donors (Lipinski definition) is 0. The number of halogens is 3. The van der Waals surface area contributed by atoms with Gasteiger partial charge >= 0.3 is 6.18 Å². The van der Waals surface area contributed by atoms with Gasteiger partial charge in [-0.05, 0) is 24.3 Å². The van der Waals surface area contributed by atoms with E-state index < -0.39 is 27.1 Å². The molecule has 25 heavy (non-hydrogen) atoms. The second kappa shape index (κ2) is 6.08. The Hall–Kier alpha value is -2.53. The van der Waals surface area contributed by atoms with E-state index in [1.165, 1.54) is 19.4 Å². The lowest BCUT2D eigenvalue weighted by Crippen LogP contribution is -2.25. The first-order valence-corrected chi connectivity index (χ1v) is 8.25. The minimum absolute atomic E-state index is 0.0342. The Bertz CT molecular complexity index is 957. The summed E-state index contributed by atoms with van der Waals surface area (Å²) in [4.78, 5) is 0. The fraction of sp³-hybridized carbons (Fsp3) is 0.214. The maximum absolute atomic E-state index is 12.5. The molecule has 0 radical (unpaired) electrons. The molecule has 0 spiro atoms. The topological polar surface area (TPSA) is 89.7 Å². The monoisotopic (exact) mass is 376 g/mol. The fourth-order valence-electron chi connectivity index (χ4n) is 1.98. The van der Waals surface area contributed by atoms with Crippen LogP contribution in [-0.2, 0) is 22.7 Å². The Kier molecular flexibility index (Phi) is 4.21. The summed E-state index contributed by atoms with van der Waals surface area (Å²) < 4.78 is 77.8. The maximum atomic E-state index is 12.5. The quantitative estimate of drug-likeness (QED) is 0.678. The summed E-state index contributed by atoms with van der Waals surface area (Å²) in [7, 11) is -2.68. The SMILES string of the molecule is CN(Cc1ccco1)S(=O)(=O)c1ccc(-c2cc(C(F)(F)F)on2)o1. The van der Waals surface area contributed by atoms with Crippen molar-refractivity contribution in [3.63, 3.8) is 0 Å². The second-order valence-corrected chi connectivity index (χ2v) is 7.01. The van der Waals surface area contributed by atoms with Crippen LogP contribution in [0.25, 0.3) is 11.5 Å². The van der Waals surface area contributed by atoms with Gasteiger partial charge in [0.2, 0.25) is 10.9 Å². The third kappa shape index (κ3) is 3.46. The molecule has 0 aromatic carbocycles. The standard InChI is InChI=1S/C14H11F3N2O5S/c1-19(8-9-3-2-6-22-9)25(20,21)13-5-4-11(23-13)10-7-12(24-18-10)14(15,16)17/h2-7H,8H2,1H3. The molecule has 3 rings (SSSR count). The molecule has 11 heteroatoms. The highest BCUT2D eigenvalue weighted by atomic mass is 32.2. The molecule has 0 aliphatic heterocycles. The summed E-state index contributed by atoms with van der Waals surface area (Å²) in [5.41, 5.74) is -0.262. The van der Waals surface area contributed by atoms with Gasteiger partial charge in [0.1, 0.15) is 11.5 Å². The number of nitrogens with zero attached hydrogens (tertiary/aromatic N) is 2. The molecule has 0 aliphatic carbocycles. The number of alkyl halides is 3. The van der Waals surface area contributed by atoms with Crippen molar-refractivity contribution in [1.82, 2.24) is 9.46 Å². The van der Waals surface area contributed by atoms with Crippen LogP contribution in [0.4, 0.5) is 13.2 Å². The minimum Gasteiger partial charge on any atom is -0.468 e. The van der Waals surface area contributed by atoms with Crippen molar-refractivity contribution in [3.05, 3.63) is 48.1 Å². The first kappa shape index (κ1) is 17.3. The number of sulfonamides is 1. The number of aromatic nitrogens is 1. The van der Waals surface area contributed by atoms with Crippen LogP contribution in [0.15, 0.2) is 55.0 Å². The summed E-state index contributed by atoms with van der Waals surface area (Å²) in [6.07, 6.45) is -3.29. The summed E-state index contributed by atoms with van der Waals surface area (Å²) in [6, 6.07) is 6.18. The first-order chi connectivity index (χ1) is 11.7. The Morgan fingerprint density at radius 3 is 2.60 bits per heavy atom. The predicted octanol–water partition coefficient (Wildman–Crippen LogP) is 3.37. The van der Waals surface area contributed by atoms with E-state index >= 15 is 0 Å². The molecule has 0 N–H and O–H groups in total. The molecule has 3 aromatic rings. The molecule has 3 aromatic heterocycles. The van der Waals surface area contributed by atoms with Gasteiger partial charge < -0.3 is 13.4 Å². The van der Waals surface area contributed by atoms with E-state index in [1.54, 1.807) is 12.1 Å². The van der Waals surface area contributed by atoms with Crippen molar-refractivity contribution in [2.45, 2.75) is 17.8 Å². The van der Waals surface area contributed by atoms with Crippen LogP contribution in [0.3, 0.4) is 0 Å². The van der Waals surface area contributed by atoms with Crippen LogP contribution in [0, 0.1) is 0 Å². The number of rotatable bonds is 5. The molecular formula is C14H11F3N2O5S. The van der Waals surface area contributed by atoms with E-state index in [-0.39, 0.29) is 18.0 Å². The smallest absolute Gasteiger partial charge is 0.452 e. The van der Waals surface area contributed by atoms with Gasteiger partial charge in [0, 0.05) is 13.1 Å². The Labute approximate surface area is 139 Å². The highest BCUT2D eigenvalue weighted by Gasteiger charge is 2.36. The van der Waals surface area contributed by atoms with Gasteiger partial charge in [0.15, 0.2) is 5.76 Å². The van der Waals surface area contributed by atoms with Crippen LogP contribution in [0.5, 0.6) is 0 Å². The van der Waals surface area contributed by atoms with Gasteiger partial charge in [-0.15, -0.1) is 0 Å². The molecule has 0 bridgehead atoms. The van der Waals surface area contributed by atoms with Gasteiger partial charge in [0.05, 0.1) is 12.8 Å². The van der Waals surface area contributed by atoms with Crippen molar-refractivity contribution in [2.75, 3.05) is 7.05 Å². The lowest BCUT2D eigenvalue weighted by molar-refractivity contribution is -0.155. The van der Waals surface area contributed by atoms with E-state index in [0.717, 1.165) is 10.4 Å². The second-order valence-electron chi connectivity index (χ2n) is 5.03. The predicted molar refractivity (Wildman–Crippen MR) is 76.6 cm³/mol. The largest absolute Gasteiger partial charge is 0.468 e. The van der Waals surface area contributed by atoms with E-state index in [0.29, 0.717) is 11.8 Å². The first-order valence-electron chi connectivity index (χ1n) is 6.81. The molecule has 0 fully saturated rings. The fourth-order valence-corrected chi connectivity index (χ4v) is 3.02. The number of hydrogen-bond acceptors (Lipinski definition) is 6. The zero-order chi connectivity index (χ0) is 18.2. The third-order valence-corrected chi connectivity index (χ3v) is 4.92. The van der Waals surface area contributed by atoms with Crippen molar-refractivity contribution < 1.29 is 34.9 Å². The average Bonchev–Trinajstić information content (AvgIpc) is 3.26. The Balaban J connectivity index is 1.83. The number of furan rings is 2. The molecule has 0 aliphatic rings. The zero-order valence-electron chi connectivity index (χ0n) is 12.6. The summed E-state index contributed by atoms with van der Waals surface area (Å²) >= 11 is 0. The van der Waals surface area contributed by atoms with Crippen LogP contribution in [0.1, 0.15) is 11.5 Å². The van der Waals surface area contributed by atoms with Gasteiger partial charge in [-0.2, -0.15) is 17.5 Å². The lowest BCUT2D eigenvalue weighted by Gasteiger charge is -2.13. The Morgan fingerprint density at radius 1 is 1.24 bits per heavy atom. The van der Waals surface area contributed by atoms with Crippen molar-refractivity contribution in [3.8, 4) is 11.5 Å². The van der Waals surface area contributed by atoms with Crippen LogP contribution < -0.4 is 0 Å². The molecule has 0 amide bonds. The molecule has 0 unspecified atom stereocenters. The van der Waals surface area contributed by atoms with Gasteiger partial charge in [-0.1, -0.05) is 5.16 Å². The van der Waals surface area contributed by atoms with E-state index in [1.807, 2.05) is 0 Å². The van der Waals surface area contributed by atoms with Crippen LogP contribution >= 0.6 is 0 Å². The van der Waals surface area contributed by atoms with E-state index in [4.69, 9.17) is 8.83 Å². The van der Waals surface area contributed by atoms with Gasteiger partial charge in [0.25, 0.3) is 10.0 Å². The van der Waals surface area contributed by atoms with Gasteiger partial charge in [-0.25, -0.2) is 8.42 Å². The van der Waals surface area contributed by atoms with Crippen LogP contribution in [-0.4, -0.2) is 24.9 Å². The highest BCUT2D eigenvalue weighted by Crippen LogP contribution is 2.33. The van der Waals surface area contributed by atoms with Crippen molar-refractivity contribution in [1.29, 1.82) is 0 Å². The summed E-state index contributed by atoms with van der Waals surface area (Å²) in [5, 5.41) is 2.80. The normalized spacial score (nSPS) is 12.8. The van der Waals surface area contributed by atoms with Crippen molar-refractivity contribution in [2.24, 2.45) is 0 Å². The van der Waals surface area contributed by atoms with Crippen LogP contribution in [0.2, 0.25) is 0 Å². The van der Waals surface area contributed by atoms with E-state index in [9.17, 15) is 21.6 Å². The lowest BCUT2D eigenvalue weighted by atomic mass is 10.3. The molecule has 134 valence electrons. The highest BCUT2D eigenvalue weighted by molar-refractivity contribution is 7.88. The summed E-state index contributed by atoms with van der Waals surface area (Å²) in [5.74, 6) is -1.05. The molecule has 3 heterocycles. The zero-order valence-corrected chi connectivity index (χ0v) is 13.5. The van der Waals surface area contributed by atoms with Crippen molar-refractivity contribution >= 4 is 10.0 Å². The van der Waals surface area contributed by atoms with Gasteiger partial charge in [-0.3, -0.25) is 0 Å². The molecule has 0 saturated carbocycles. The molecule has 0 saturated heterocycles. The Morgan fingerprint density at radius 2 is 2.00 bits per heavy atom. The van der Waals surface area contributed by atoms with E-state index in [2.05, 4.69) is 9.68 Å². The maximum Gasteiger partial charge on any atom is 0.452 e. The average molecular weight is 376 g/mol.